The van der Waals surface area contributed by atoms with Crippen molar-refractivity contribution in [2.45, 2.75) is 25.9 Å². The lowest BCUT2D eigenvalue weighted by Gasteiger charge is -2.18. The first-order valence-corrected chi connectivity index (χ1v) is 7.79. The molecule has 116 valence electrons. The van der Waals surface area contributed by atoms with Crippen molar-refractivity contribution in [3.8, 4) is 0 Å². The van der Waals surface area contributed by atoms with Gasteiger partial charge in [-0.2, -0.15) is 5.10 Å². The van der Waals surface area contributed by atoms with Crippen molar-refractivity contribution in [2.24, 2.45) is 0 Å². The maximum atomic E-state index is 4.18. The molecule has 1 unspecified atom stereocenters. The van der Waals surface area contributed by atoms with E-state index < -0.39 is 0 Å². The van der Waals surface area contributed by atoms with Crippen LogP contribution in [0.15, 0.2) is 36.5 Å². The van der Waals surface area contributed by atoms with Crippen molar-refractivity contribution in [2.75, 3.05) is 30.4 Å². The summed E-state index contributed by atoms with van der Waals surface area (Å²) >= 11 is 0. The van der Waals surface area contributed by atoms with Crippen LogP contribution < -0.4 is 15.5 Å². The predicted molar refractivity (Wildman–Crippen MR) is 90.2 cm³/mol. The summed E-state index contributed by atoms with van der Waals surface area (Å²) < 4.78 is 0. The monoisotopic (exact) mass is 297 g/mol. The lowest BCUT2D eigenvalue weighted by Crippen LogP contribution is -2.29. The molecule has 0 bridgehead atoms. The molecule has 0 aliphatic carbocycles. The highest BCUT2D eigenvalue weighted by atomic mass is 15.2. The molecule has 5 heteroatoms. The van der Waals surface area contributed by atoms with Crippen molar-refractivity contribution in [1.82, 2.24) is 15.5 Å². The van der Waals surface area contributed by atoms with Gasteiger partial charge in [-0.15, -0.1) is 5.10 Å². The molecule has 1 aliphatic rings. The van der Waals surface area contributed by atoms with Gasteiger partial charge in [0, 0.05) is 31.7 Å². The number of likely N-dealkylation sites (N-methyl/N-ethyl adjacent to an activating group) is 1. The molecular formula is C17H23N5. The zero-order valence-corrected chi connectivity index (χ0v) is 13.2. The Morgan fingerprint density at radius 3 is 2.82 bits per heavy atom. The molecule has 0 saturated carbocycles. The Labute approximate surface area is 131 Å². The van der Waals surface area contributed by atoms with E-state index in [9.17, 15) is 0 Å². The van der Waals surface area contributed by atoms with Crippen molar-refractivity contribution >= 4 is 11.5 Å². The third-order valence-electron chi connectivity index (χ3n) is 4.20. The van der Waals surface area contributed by atoms with Gasteiger partial charge in [0.1, 0.15) is 0 Å². The summed E-state index contributed by atoms with van der Waals surface area (Å²) in [6.07, 6.45) is 3.01. The van der Waals surface area contributed by atoms with Crippen molar-refractivity contribution in [3.05, 3.63) is 47.7 Å². The van der Waals surface area contributed by atoms with Gasteiger partial charge in [0.05, 0.1) is 11.9 Å². The van der Waals surface area contributed by atoms with Crippen LogP contribution in [0.2, 0.25) is 0 Å². The van der Waals surface area contributed by atoms with Crippen molar-refractivity contribution < 1.29 is 0 Å². The topological polar surface area (TPSA) is 53.1 Å². The van der Waals surface area contributed by atoms with Gasteiger partial charge in [0.25, 0.3) is 0 Å². The summed E-state index contributed by atoms with van der Waals surface area (Å²) in [7, 11) is 2.02. The standard InChI is InChI=1S/C17H23N5/c1-13-3-5-14(6-4-13)10-19-17-9-16(11-20-21-17)22-8-7-15(12-22)18-2/h3-6,9,11,15,18H,7-8,10,12H2,1-2H3,(H,19,21). The second-order valence-electron chi connectivity index (χ2n) is 5.86. The highest BCUT2D eigenvalue weighted by Crippen LogP contribution is 2.21. The molecule has 1 aromatic carbocycles. The normalized spacial score (nSPS) is 17.7. The minimum Gasteiger partial charge on any atom is -0.369 e. The van der Waals surface area contributed by atoms with Crippen LogP contribution in [0.25, 0.3) is 0 Å². The Bertz CT molecular complexity index is 611. The van der Waals surface area contributed by atoms with Gasteiger partial charge in [0.15, 0.2) is 5.82 Å². The van der Waals surface area contributed by atoms with E-state index in [1.54, 1.807) is 0 Å². The first kappa shape index (κ1) is 14.8. The fourth-order valence-corrected chi connectivity index (χ4v) is 2.74. The van der Waals surface area contributed by atoms with E-state index in [4.69, 9.17) is 0 Å². The van der Waals surface area contributed by atoms with E-state index in [-0.39, 0.29) is 0 Å². The van der Waals surface area contributed by atoms with Crippen LogP contribution >= 0.6 is 0 Å². The van der Waals surface area contributed by atoms with Gasteiger partial charge in [-0.1, -0.05) is 29.8 Å². The summed E-state index contributed by atoms with van der Waals surface area (Å²) in [5.41, 5.74) is 3.66. The minimum atomic E-state index is 0.567. The molecule has 2 aromatic rings. The van der Waals surface area contributed by atoms with Crippen molar-refractivity contribution in [3.63, 3.8) is 0 Å². The van der Waals surface area contributed by atoms with Crippen LogP contribution in [0.5, 0.6) is 0 Å². The summed E-state index contributed by atoms with van der Waals surface area (Å²) in [4.78, 5) is 2.35. The Balaban J connectivity index is 1.63. The molecular weight excluding hydrogens is 274 g/mol. The zero-order chi connectivity index (χ0) is 15.4. The highest BCUT2D eigenvalue weighted by molar-refractivity contribution is 5.53. The first-order chi connectivity index (χ1) is 10.7. The number of hydrogen-bond acceptors (Lipinski definition) is 5. The molecule has 3 rings (SSSR count). The largest absolute Gasteiger partial charge is 0.369 e. The molecule has 1 atom stereocenters. The second kappa shape index (κ2) is 6.75. The molecule has 1 fully saturated rings. The molecule has 0 amide bonds. The third-order valence-corrected chi connectivity index (χ3v) is 4.20. The third kappa shape index (κ3) is 3.54. The van der Waals surface area contributed by atoms with Crippen LogP contribution in [0.1, 0.15) is 17.5 Å². The lowest BCUT2D eigenvalue weighted by atomic mass is 10.1. The smallest absolute Gasteiger partial charge is 0.150 e. The SMILES string of the molecule is CNC1CCN(c2cnnc(NCc3ccc(C)cc3)c2)C1. The van der Waals surface area contributed by atoms with Crippen LogP contribution in [-0.2, 0) is 6.54 Å². The van der Waals surface area contributed by atoms with Gasteiger partial charge in [-0.05, 0) is 26.0 Å². The highest BCUT2D eigenvalue weighted by Gasteiger charge is 2.21. The Morgan fingerprint density at radius 2 is 2.09 bits per heavy atom. The van der Waals surface area contributed by atoms with E-state index in [0.29, 0.717) is 6.04 Å². The Hall–Kier alpha value is -2.14. The van der Waals surface area contributed by atoms with Crippen LogP contribution in [0.4, 0.5) is 11.5 Å². The fourth-order valence-electron chi connectivity index (χ4n) is 2.74. The van der Waals surface area contributed by atoms with E-state index in [2.05, 4.69) is 63.0 Å². The number of hydrogen-bond donors (Lipinski definition) is 2. The van der Waals surface area contributed by atoms with Crippen LogP contribution in [0, 0.1) is 6.92 Å². The molecule has 22 heavy (non-hydrogen) atoms. The Kier molecular flexibility index (Phi) is 4.53. The van der Waals surface area contributed by atoms with Crippen LogP contribution in [0.3, 0.4) is 0 Å². The molecule has 1 aliphatic heterocycles. The summed E-state index contributed by atoms with van der Waals surface area (Å²) in [6, 6.07) is 11.2. The van der Waals surface area contributed by atoms with E-state index >= 15 is 0 Å². The maximum Gasteiger partial charge on any atom is 0.150 e. The van der Waals surface area contributed by atoms with Gasteiger partial charge >= 0.3 is 0 Å². The Morgan fingerprint density at radius 1 is 1.27 bits per heavy atom. The van der Waals surface area contributed by atoms with E-state index in [1.165, 1.54) is 17.5 Å². The molecule has 5 nitrogen and oxygen atoms in total. The zero-order valence-electron chi connectivity index (χ0n) is 13.2. The predicted octanol–water partition coefficient (Wildman–Crippen LogP) is 2.20. The summed E-state index contributed by atoms with van der Waals surface area (Å²) in [6.45, 7) is 4.95. The molecule has 1 aromatic heterocycles. The molecule has 1 saturated heterocycles. The average molecular weight is 297 g/mol. The van der Waals surface area contributed by atoms with Gasteiger partial charge in [-0.25, -0.2) is 0 Å². The number of aryl methyl sites for hydroxylation is 1. The lowest BCUT2D eigenvalue weighted by molar-refractivity contribution is 0.617. The number of aromatic nitrogens is 2. The minimum absolute atomic E-state index is 0.567. The molecule has 2 N–H and O–H groups in total. The van der Waals surface area contributed by atoms with Gasteiger partial charge < -0.3 is 15.5 Å². The number of rotatable bonds is 5. The van der Waals surface area contributed by atoms with Gasteiger partial charge in [-0.3, -0.25) is 0 Å². The second-order valence-corrected chi connectivity index (χ2v) is 5.86. The first-order valence-electron chi connectivity index (χ1n) is 7.79. The van der Waals surface area contributed by atoms with Gasteiger partial charge in [0.2, 0.25) is 0 Å². The number of nitrogens with zero attached hydrogens (tertiary/aromatic N) is 3. The molecule has 0 spiro atoms. The number of anilines is 2. The fraction of sp³-hybridized carbons (Fsp3) is 0.412. The summed E-state index contributed by atoms with van der Waals surface area (Å²) in [5.74, 6) is 0.825. The average Bonchev–Trinajstić information content (AvgIpc) is 3.04. The summed E-state index contributed by atoms with van der Waals surface area (Å²) in [5, 5.41) is 15.0. The van der Waals surface area contributed by atoms with Crippen LogP contribution in [-0.4, -0.2) is 36.4 Å². The van der Waals surface area contributed by atoms with Crippen molar-refractivity contribution in [1.29, 1.82) is 0 Å². The molecule has 2 heterocycles. The maximum absolute atomic E-state index is 4.18. The van der Waals surface area contributed by atoms with E-state index in [1.807, 2.05) is 13.2 Å². The quantitative estimate of drug-likeness (QED) is 0.886. The molecule has 0 radical (unpaired) electrons. The number of benzene rings is 1. The number of nitrogens with one attached hydrogen (secondary N) is 2. The van der Waals surface area contributed by atoms with E-state index in [0.717, 1.165) is 31.1 Å².